The van der Waals surface area contributed by atoms with Gasteiger partial charge in [0.05, 0.1) is 7.11 Å². The predicted molar refractivity (Wildman–Crippen MR) is 70.1 cm³/mol. The lowest BCUT2D eigenvalue weighted by atomic mass is 10.2. The van der Waals surface area contributed by atoms with Crippen molar-refractivity contribution in [3.63, 3.8) is 0 Å². The number of nitrogens with one attached hydrogen (secondary N) is 1. The molecule has 0 atom stereocenters. The SMILES string of the molecule is C=CCCCCCNc1cc(F)cc(OC)c1. The van der Waals surface area contributed by atoms with Crippen molar-refractivity contribution in [3.8, 4) is 5.75 Å². The van der Waals surface area contributed by atoms with Gasteiger partial charge >= 0.3 is 0 Å². The number of hydrogen-bond acceptors (Lipinski definition) is 2. The Balaban J connectivity index is 2.31. The molecule has 0 heterocycles. The number of anilines is 1. The van der Waals surface area contributed by atoms with Gasteiger partial charge in [0.2, 0.25) is 0 Å². The summed E-state index contributed by atoms with van der Waals surface area (Å²) in [7, 11) is 1.54. The Labute approximate surface area is 102 Å². The van der Waals surface area contributed by atoms with Crippen LogP contribution in [0.25, 0.3) is 0 Å². The molecule has 3 heteroatoms. The minimum atomic E-state index is -0.279. The monoisotopic (exact) mass is 237 g/mol. The Hall–Kier alpha value is -1.51. The summed E-state index contributed by atoms with van der Waals surface area (Å²) in [5.74, 6) is 0.262. The van der Waals surface area contributed by atoms with E-state index in [9.17, 15) is 4.39 Å². The van der Waals surface area contributed by atoms with Gasteiger partial charge in [0, 0.05) is 24.4 Å². The van der Waals surface area contributed by atoms with Gasteiger partial charge in [-0.15, -0.1) is 6.58 Å². The number of hydrogen-bond donors (Lipinski definition) is 1. The van der Waals surface area contributed by atoms with Crippen LogP contribution >= 0.6 is 0 Å². The number of halogens is 1. The topological polar surface area (TPSA) is 21.3 Å². The quantitative estimate of drug-likeness (QED) is 0.545. The molecule has 0 aliphatic carbocycles. The molecule has 0 aliphatic heterocycles. The highest BCUT2D eigenvalue weighted by molar-refractivity contribution is 5.48. The summed E-state index contributed by atoms with van der Waals surface area (Å²) in [6, 6.07) is 4.65. The van der Waals surface area contributed by atoms with Crippen LogP contribution in [0.2, 0.25) is 0 Å². The van der Waals surface area contributed by atoms with Gasteiger partial charge in [-0.1, -0.05) is 12.5 Å². The minimum absolute atomic E-state index is 0.279. The van der Waals surface area contributed by atoms with E-state index in [2.05, 4.69) is 11.9 Å². The van der Waals surface area contributed by atoms with Crippen LogP contribution in [0, 0.1) is 5.82 Å². The van der Waals surface area contributed by atoms with Crippen molar-refractivity contribution in [2.75, 3.05) is 19.0 Å². The van der Waals surface area contributed by atoms with Gasteiger partial charge in [0.15, 0.2) is 0 Å². The van der Waals surface area contributed by atoms with E-state index in [0.717, 1.165) is 37.9 Å². The van der Waals surface area contributed by atoms with Crippen LogP contribution in [-0.4, -0.2) is 13.7 Å². The first kappa shape index (κ1) is 13.6. The van der Waals surface area contributed by atoms with Gasteiger partial charge in [-0.05, 0) is 25.3 Å². The minimum Gasteiger partial charge on any atom is -0.497 e. The van der Waals surface area contributed by atoms with E-state index in [0.29, 0.717) is 5.75 Å². The summed E-state index contributed by atoms with van der Waals surface area (Å²) >= 11 is 0. The van der Waals surface area contributed by atoms with Crippen LogP contribution in [0.5, 0.6) is 5.75 Å². The van der Waals surface area contributed by atoms with Crippen LogP contribution in [0.4, 0.5) is 10.1 Å². The zero-order valence-electron chi connectivity index (χ0n) is 10.3. The average molecular weight is 237 g/mol. The molecule has 2 nitrogen and oxygen atoms in total. The molecule has 0 saturated heterocycles. The van der Waals surface area contributed by atoms with Crippen molar-refractivity contribution in [2.45, 2.75) is 25.7 Å². The van der Waals surface area contributed by atoms with Gasteiger partial charge in [0.1, 0.15) is 11.6 Å². The highest BCUT2D eigenvalue weighted by atomic mass is 19.1. The van der Waals surface area contributed by atoms with Crippen LogP contribution in [0.15, 0.2) is 30.9 Å². The van der Waals surface area contributed by atoms with Gasteiger partial charge in [0.25, 0.3) is 0 Å². The molecular formula is C14H20FNO. The second-order valence-electron chi connectivity index (χ2n) is 3.94. The molecular weight excluding hydrogens is 217 g/mol. The summed E-state index contributed by atoms with van der Waals surface area (Å²) in [6.45, 7) is 4.53. The molecule has 0 fully saturated rings. The first-order chi connectivity index (χ1) is 8.26. The summed E-state index contributed by atoms with van der Waals surface area (Å²) in [4.78, 5) is 0. The second kappa shape index (κ2) is 7.71. The molecule has 1 aromatic rings. The normalized spacial score (nSPS) is 10.0. The standard InChI is InChI=1S/C14H20FNO/c1-3-4-5-6-7-8-16-13-9-12(15)10-14(11-13)17-2/h3,9-11,16H,1,4-8H2,2H3. The average Bonchev–Trinajstić information content (AvgIpc) is 2.33. The van der Waals surface area contributed by atoms with Crippen molar-refractivity contribution in [1.82, 2.24) is 0 Å². The smallest absolute Gasteiger partial charge is 0.128 e. The van der Waals surface area contributed by atoms with Gasteiger partial charge in [-0.3, -0.25) is 0 Å². The number of methoxy groups -OCH3 is 1. The van der Waals surface area contributed by atoms with Crippen molar-refractivity contribution < 1.29 is 9.13 Å². The molecule has 1 aromatic carbocycles. The predicted octanol–water partition coefficient (Wildman–Crippen LogP) is 3.99. The highest BCUT2D eigenvalue weighted by Crippen LogP contribution is 2.19. The van der Waals surface area contributed by atoms with Crippen LogP contribution in [0.1, 0.15) is 25.7 Å². The van der Waals surface area contributed by atoms with Crippen molar-refractivity contribution in [3.05, 3.63) is 36.7 Å². The van der Waals surface area contributed by atoms with Crippen LogP contribution in [0.3, 0.4) is 0 Å². The number of allylic oxidation sites excluding steroid dienone is 1. The lowest BCUT2D eigenvalue weighted by Crippen LogP contribution is -2.02. The summed E-state index contributed by atoms with van der Waals surface area (Å²) in [6.07, 6.45) is 6.40. The molecule has 1 N–H and O–H groups in total. The fraction of sp³-hybridized carbons (Fsp3) is 0.429. The van der Waals surface area contributed by atoms with E-state index in [1.807, 2.05) is 6.08 Å². The fourth-order valence-corrected chi connectivity index (χ4v) is 1.61. The number of rotatable bonds is 8. The molecule has 0 amide bonds. The summed E-state index contributed by atoms with van der Waals surface area (Å²) in [5, 5.41) is 3.19. The Kier molecular flexibility index (Phi) is 6.15. The Morgan fingerprint density at radius 1 is 1.29 bits per heavy atom. The van der Waals surface area contributed by atoms with E-state index in [-0.39, 0.29) is 5.82 Å². The van der Waals surface area contributed by atoms with Crippen molar-refractivity contribution in [1.29, 1.82) is 0 Å². The molecule has 0 radical (unpaired) electrons. The van der Waals surface area contributed by atoms with Gasteiger partial charge in [-0.2, -0.15) is 0 Å². The lowest BCUT2D eigenvalue weighted by molar-refractivity contribution is 0.411. The van der Waals surface area contributed by atoms with Crippen LogP contribution in [-0.2, 0) is 0 Å². The molecule has 0 unspecified atom stereocenters. The Bertz CT molecular complexity index is 352. The zero-order valence-corrected chi connectivity index (χ0v) is 10.3. The third-order valence-electron chi connectivity index (χ3n) is 2.52. The Morgan fingerprint density at radius 2 is 2.12 bits per heavy atom. The lowest BCUT2D eigenvalue weighted by Gasteiger charge is -2.08. The van der Waals surface area contributed by atoms with Crippen LogP contribution < -0.4 is 10.1 Å². The van der Waals surface area contributed by atoms with Crippen molar-refractivity contribution in [2.24, 2.45) is 0 Å². The number of benzene rings is 1. The molecule has 0 aliphatic rings. The highest BCUT2D eigenvalue weighted by Gasteiger charge is 2.00. The van der Waals surface area contributed by atoms with E-state index in [1.165, 1.54) is 19.2 Å². The fourth-order valence-electron chi connectivity index (χ4n) is 1.61. The largest absolute Gasteiger partial charge is 0.497 e. The summed E-state index contributed by atoms with van der Waals surface area (Å²) in [5.41, 5.74) is 0.769. The van der Waals surface area contributed by atoms with E-state index < -0.39 is 0 Å². The van der Waals surface area contributed by atoms with Crippen molar-refractivity contribution >= 4 is 5.69 Å². The maximum Gasteiger partial charge on any atom is 0.128 e. The molecule has 0 spiro atoms. The molecule has 0 saturated carbocycles. The third kappa shape index (κ3) is 5.38. The van der Waals surface area contributed by atoms with Gasteiger partial charge in [-0.25, -0.2) is 4.39 Å². The molecule has 1 rings (SSSR count). The molecule has 0 aromatic heterocycles. The van der Waals surface area contributed by atoms with Gasteiger partial charge < -0.3 is 10.1 Å². The first-order valence-electron chi connectivity index (χ1n) is 5.95. The van der Waals surface area contributed by atoms with E-state index >= 15 is 0 Å². The first-order valence-corrected chi connectivity index (χ1v) is 5.95. The maximum absolute atomic E-state index is 13.2. The summed E-state index contributed by atoms with van der Waals surface area (Å²) < 4.78 is 18.2. The molecule has 94 valence electrons. The Morgan fingerprint density at radius 3 is 2.82 bits per heavy atom. The van der Waals surface area contributed by atoms with E-state index in [4.69, 9.17) is 4.74 Å². The number of unbranched alkanes of at least 4 members (excludes halogenated alkanes) is 3. The second-order valence-corrected chi connectivity index (χ2v) is 3.94. The zero-order chi connectivity index (χ0) is 12.5. The molecule has 0 bridgehead atoms. The third-order valence-corrected chi connectivity index (χ3v) is 2.52. The number of ether oxygens (including phenoxy) is 1. The molecule has 17 heavy (non-hydrogen) atoms. The maximum atomic E-state index is 13.2. The van der Waals surface area contributed by atoms with E-state index in [1.54, 1.807) is 6.07 Å².